The molecule has 108 valence electrons. The number of hydrogen-bond donors (Lipinski definition) is 2. The fourth-order valence-corrected chi connectivity index (χ4v) is 2.55. The van der Waals surface area contributed by atoms with Gasteiger partial charge < -0.3 is 10.3 Å². The lowest BCUT2D eigenvalue weighted by molar-refractivity contribution is 0.462. The van der Waals surface area contributed by atoms with Crippen LogP contribution in [0.4, 0.5) is 4.39 Å². The van der Waals surface area contributed by atoms with Crippen molar-refractivity contribution in [2.24, 2.45) is 0 Å². The zero-order chi connectivity index (χ0) is 14.8. The van der Waals surface area contributed by atoms with Crippen LogP contribution in [0.25, 0.3) is 11.0 Å². The lowest BCUT2D eigenvalue weighted by atomic mass is 10.1. The van der Waals surface area contributed by atoms with E-state index in [-0.39, 0.29) is 17.9 Å². The van der Waals surface area contributed by atoms with E-state index in [1.165, 1.54) is 6.07 Å². The zero-order valence-corrected chi connectivity index (χ0v) is 12.1. The summed E-state index contributed by atoms with van der Waals surface area (Å²) in [5.74, 6) is 0.675. The number of H-pyrrole nitrogens is 1. The van der Waals surface area contributed by atoms with E-state index in [1.54, 1.807) is 12.1 Å². The first-order valence-corrected chi connectivity index (χ1v) is 7.10. The Morgan fingerprint density at radius 2 is 1.71 bits per heavy atom. The van der Waals surface area contributed by atoms with Crippen LogP contribution in [0, 0.1) is 5.82 Å². The standard InChI is InChI=1S/C17H18FN3/c1-11(13-7-3-4-8-14(13)18)19-12(2)17-20-15-9-5-6-10-16(15)21-17/h3-12,19H,1-2H3,(H,20,21). The van der Waals surface area contributed by atoms with Crippen LogP contribution >= 0.6 is 0 Å². The summed E-state index contributed by atoms with van der Waals surface area (Å²) < 4.78 is 13.8. The van der Waals surface area contributed by atoms with Crippen LogP contribution in [0.3, 0.4) is 0 Å². The lowest BCUT2D eigenvalue weighted by Crippen LogP contribution is -2.24. The van der Waals surface area contributed by atoms with Gasteiger partial charge in [-0.3, -0.25) is 0 Å². The van der Waals surface area contributed by atoms with Crippen LogP contribution in [0.15, 0.2) is 48.5 Å². The molecular formula is C17H18FN3. The summed E-state index contributed by atoms with van der Waals surface area (Å²) in [5, 5.41) is 3.38. The van der Waals surface area contributed by atoms with Gasteiger partial charge in [-0.25, -0.2) is 9.37 Å². The Morgan fingerprint density at radius 3 is 2.48 bits per heavy atom. The minimum Gasteiger partial charge on any atom is -0.341 e. The smallest absolute Gasteiger partial charge is 0.127 e. The number of halogens is 1. The molecular weight excluding hydrogens is 265 g/mol. The molecule has 3 aromatic rings. The highest BCUT2D eigenvalue weighted by Gasteiger charge is 2.16. The van der Waals surface area contributed by atoms with Gasteiger partial charge >= 0.3 is 0 Å². The van der Waals surface area contributed by atoms with E-state index in [4.69, 9.17) is 0 Å². The number of fused-ring (bicyclic) bond motifs is 1. The molecule has 2 unspecified atom stereocenters. The molecule has 4 heteroatoms. The molecule has 0 saturated carbocycles. The van der Waals surface area contributed by atoms with Gasteiger partial charge in [0.05, 0.1) is 17.1 Å². The van der Waals surface area contributed by atoms with Gasteiger partial charge in [0, 0.05) is 11.6 Å². The van der Waals surface area contributed by atoms with E-state index in [0.717, 1.165) is 16.9 Å². The van der Waals surface area contributed by atoms with Gasteiger partial charge in [-0.2, -0.15) is 0 Å². The molecule has 0 amide bonds. The molecule has 0 aliphatic heterocycles. The van der Waals surface area contributed by atoms with Crippen LogP contribution in [0.1, 0.15) is 37.3 Å². The van der Waals surface area contributed by atoms with Crippen LogP contribution in [0.5, 0.6) is 0 Å². The van der Waals surface area contributed by atoms with E-state index in [2.05, 4.69) is 15.3 Å². The molecule has 0 spiro atoms. The van der Waals surface area contributed by atoms with Crippen molar-refractivity contribution in [3.05, 3.63) is 65.7 Å². The highest BCUT2D eigenvalue weighted by Crippen LogP contribution is 2.21. The van der Waals surface area contributed by atoms with Crippen molar-refractivity contribution < 1.29 is 4.39 Å². The minimum absolute atomic E-state index is 0.00649. The van der Waals surface area contributed by atoms with Crippen molar-refractivity contribution >= 4 is 11.0 Å². The van der Waals surface area contributed by atoms with Crippen LogP contribution in [0.2, 0.25) is 0 Å². The number of rotatable bonds is 4. The van der Waals surface area contributed by atoms with Crippen molar-refractivity contribution in [3.63, 3.8) is 0 Å². The van der Waals surface area contributed by atoms with Crippen molar-refractivity contribution in [2.75, 3.05) is 0 Å². The SMILES string of the molecule is CC(NC(C)c1ccccc1F)c1nc2ccccc2[nH]1. The van der Waals surface area contributed by atoms with E-state index in [0.29, 0.717) is 5.56 Å². The molecule has 0 saturated heterocycles. The molecule has 2 aromatic carbocycles. The molecule has 1 heterocycles. The summed E-state index contributed by atoms with van der Waals surface area (Å²) in [5.41, 5.74) is 2.62. The molecule has 3 rings (SSSR count). The first-order valence-electron chi connectivity index (χ1n) is 7.10. The van der Waals surface area contributed by atoms with Crippen molar-refractivity contribution in [3.8, 4) is 0 Å². The van der Waals surface area contributed by atoms with E-state index in [1.807, 2.05) is 44.2 Å². The molecule has 2 atom stereocenters. The average molecular weight is 283 g/mol. The van der Waals surface area contributed by atoms with Gasteiger partial charge in [-0.1, -0.05) is 30.3 Å². The Labute approximate surface area is 123 Å². The van der Waals surface area contributed by atoms with Gasteiger partial charge in [0.15, 0.2) is 0 Å². The van der Waals surface area contributed by atoms with E-state index < -0.39 is 0 Å². The Balaban J connectivity index is 1.79. The maximum Gasteiger partial charge on any atom is 0.127 e. The topological polar surface area (TPSA) is 40.7 Å². The molecule has 0 aliphatic carbocycles. The maximum atomic E-state index is 13.8. The monoisotopic (exact) mass is 283 g/mol. The van der Waals surface area contributed by atoms with Gasteiger partial charge in [-0.15, -0.1) is 0 Å². The molecule has 21 heavy (non-hydrogen) atoms. The number of aromatic amines is 1. The summed E-state index contributed by atoms with van der Waals surface area (Å²) in [7, 11) is 0. The molecule has 0 bridgehead atoms. The van der Waals surface area contributed by atoms with Crippen LogP contribution in [-0.2, 0) is 0 Å². The Kier molecular flexibility index (Phi) is 3.71. The van der Waals surface area contributed by atoms with Crippen molar-refractivity contribution in [1.29, 1.82) is 0 Å². The Morgan fingerprint density at radius 1 is 1.00 bits per heavy atom. The summed E-state index contributed by atoms with van der Waals surface area (Å²) in [6, 6.07) is 14.7. The number of nitrogens with one attached hydrogen (secondary N) is 2. The summed E-state index contributed by atoms with van der Waals surface area (Å²) in [4.78, 5) is 7.87. The summed E-state index contributed by atoms with van der Waals surface area (Å²) in [6.45, 7) is 3.98. The Hall–Kier alpha value is -2.20. The van der Waals surface area contributed by atoms with E-state index >= 15 is 0 Å². The quantitative estimate of drug-likeness (QED) is 0.756. The van der Waals surface area contributed by atoms with E-state index in [9.17, 15) is 4.39 Å². The third kappa shape index (κ3) is 2.81. The molecule has 0 fully saturated rings. The molecule has 1 aromatic heterocycles. The van der Waals surface area contributed by atoms with Gasteiger partial charge in [0.25, 0.3) is 0 Å². The minimum atomic E-state index is -0.186. The molecule has 0 aliphatic rings. The number of imidazole rings is 1. The normalized spacial score (nSPS) is 14.2. The van der Waals surface area contributed by atoms with Crippen LogP contribution < -0.4 is 5.32 Å². The number of hydrogen-bond acceptors (Lipinski definition) is 2. The highest BCUT2D eigenvalue weighted by molar-refractivity contribution is 5.74. The maximum absolute atomic E-state index is 13.8. The second-order valence-corrected chi connectivity index (χ2v) is 5.27. The number of nitrogens with zero attached hydrogens (tertiary/aromatic N) is 1. The van der Waals surface area contributed by atoms with Gasteiger partial charge in [0.2, 0.25) is 0 Å². The lowest BCUT2D eigenvalue weighted by Gasteiger charge is -2.19. The predicted molar refractivity (Wildman–Crippen MR) is 82.5 cm³/mol. The third-order valence-corrected chi connectivity index (χ3v) is 3.69. The Bertz CT molecular complexity index is 717. The van der Waals surface area contributed by atoms with Crippen molar-refractivity contribution in [1.82, 2.24) is 15.3 Å². The van der Waals surface area contributed by atoms with Crippen LogP contribution in [-0.4, -0.2) is 9.97 Å². The zero-order valence-electron chi connectivity index (χ0n) is 12.1. The second kappa shape index (κ2) is 5.66. The van der Waals surface area contributed by atoms with Gasteiger partial charge in [-0.05, 0) is 32.0 Å². The van der Waals surface area contributed by atoms with Crippen molar-refractivity contribution in [2.45, 2.75) is 25.9 Å². The first kappa shape index (κ1) is 13.8. The fourth-order valence-electron chi connectivity index (χ4n) is 2.55. The largest absolute Gasteiger partial charge is 0.341 e. The number of para-hydroxylation sites is 2. The molecule has 2 N–H and O–H groups in total. The average Bonchev–Trinajstić information content (AvgIpc) is 2.91. The number of benzene rings is 2. The third-order valence-electron chi connectivity index (χ3n) is 3.69. The summed E-state index contributed by atoms with van der Waals surface area (Å²) in [6.07, 6.45) is 0. The fraction of sp³-hybridized carbons (Fsp3) is 0.235. The molecule has 3 nitrogen and oxygen atoms in total. The highest BCUT2D eigenvalue weighted by atomic mass is 19.1. The molecule has 0 radical (unpaired) electrons. The van der Waals surface area contributed by atoms with Gasteiger partial charge in [0.1, 0.15) is 11.6 Å². The second-order valence-electron chi connectivity index (χ2n) is 5.27. The predicted octanol–water partition coefficient (Wildman–Crippen LogP) is 4.11. The first-order chi connectivity index (χ1) is 10.1. The summed E-state index contributed by atoms with van der Waals surface area (Å²) >= 11 is 0. The number of aromatic nitrogens is 2.